The molecule has 0 spiro atoms. The minimum atomic E-state index is -3.36. The SMILES string of the molecule is CN(CC1CCNCC1)S(=O)(=O)c1ccc(Br)cc1. The average Bonchev–Trinajstić information content (AvgIpc) is 2.40. The number of hydrogen-bond acceptors (Lipinski definition) is 3. The summed E-state index contributed by atoms with van der Waals surface area (Å²) in [7, 11) is -1.70. The number of piperidine rings is 1. The molecule has 6 heteroatoms. The van der Waals surface area contributed by atoms with E-state index in [-0.39, 0.29) is 0 Å². The summed E-state index contributed by atoms with van der Waals surface area (Å²) in [6.45, 7) is 2.56. The Kier molecular flexibility index (Phi) is 5.00. The lowest BCUT2D eigenvalue weighted by molar-refractivity contribution is 0.311. The van der Waals surface area contributed by atoms with Crippen molar-refractivity contribution < 1.29 is 8.42 Å². The van der Waals surface area contributed by atoms with Gasteiger partial charge in [0.2, 0.25) is 10.0 Å². The van der Waals surface area contributed by atoms with E-state index in [2.05, 4.69) is 21.2 Å². The van der Waals surface area contributed by atoms with Crippen molar-refractivity contribution in [2.45, 2.75) is 17.7 Å². The van der Waals surface area contributed by atoms with Crippen molar-refractivity contribution in [2.75, 3.05) is 26.7 Å². The summed E-state index contributed by atoms with van der Waals surface area (Å²) in [5.74, 6) is 0.455. The highest BCUT2D eigenvalue weighted by Gasteiger charge is 2.24. The van der Waals surface area contributed by atoms with Gasteiger partial charge in [-0.1, -0.05) is 15.9 Å². The quantitative estimate of drug-likeness (QED) is 0.907. The highest BCUT2D eigenvalue weighted by molar-refractivity contribution is 9.10. The van der Waals surface area contributed by atoms with Crippen LogP contribution in [0.4, 0.5) is 0 Å². The summed E-state index contributed by atoms with van der Waals surface area (Å²) in [4.78, 5) is 0.354. The third kappa shape index (κ3) is 3.78. The fourth-order valence-electron chi connectivity index (χ4n) is 2.31. The number of hydrogen-bond donors (Lipinski definition) is 1. The maximum atomic E-state index is 12.4. The lowest BCUT2D eigenvalue weighted by Crippen LogP contribution is -2.37. The predicted molar refractivity (Wildman–Crippen MR) is 79.6 cm³/mol. The molecule has 0 amide bonds. The van der Waals surface area contributed by atoms with Gasteiger partial charge in [-0.3, -0.25) is 0 Å². The molecule has 1 heterocycles. The summed E-state index contributed by atoms with van der Waals surface area (Å²) in [5, 5.41) is 3.29. The van der Waals surface area contributed by atoms with E-state index in [1.165, 1.54) is 4.31 Å². The molecule has 1 N–H and O–H groups in total. The van der Waals surface area contributed by atoms with Gasteiger partial charge in [0, 0.05) is 18.1 Å². The summed E-state index contributed by atoms with van der Waals surface area (Å²) in [5.41, 5.74) is 0. The molecule has 1 aromatic rings. The van der Waals surface area contributed by atoms with Crippen LogP contribution in [0.3, 0.4) is 0 Å². The van der Waals surface area contributed by atoms with Crippen molar-refractivity contribution >= 4 is 26.0 Å². The Labute approximate surface area is 123 Å². The second-order valence-corrected chi connectivity index (χ2v) is 7.89. The van der Waals surface area contributed by atoms with Crippen LogP contribution in [0.25, 0.3) is 0 Å². The van der Waals surface area contributed by atoms with Crippen LogP contribution in [-0.4, -0.2) is 39.4 Å². The zero-order valence-electron chi connectivity index (χ0n) is 11.0. The van der Waals surface area contributed by atoms with Crippen molar-refractivity contribution in [3.8, 4) is 0 Å². The molecule has 1 aliphatic rings. The maximum Gasteiger partial charge on any atom is 0.242 e. The molecule has 19 heavy (non-hydrogen) atoms. The van der Waals surface area contributed by atoms with Crippen LogP contribution in [0.15, 0.2) is 33.6 Å². The number of nitrogens with one attached hydrogen (secondary N) is 1. The molecule has 0 unspecified atom stereocenters. The molecule has 1 aromatic carbocycles. The standard InChI is InChI=1S/C13H19BrN2O2S/c1-16(10-11-6-8-15-9-7-11)19(17,18)13-4-2-12(14)3-5-13/h2-5,11,15H,6-10H2,1H3. The third-order valence-electron chi connectivity index (χ3n) is 3.50. The van der Waals surface area contributed by atoms with Gasteiger partial charge in [0.25, 0.3) is 0 Å². The summed E-state index contributed by atoms with van der Waals surface area (Å²) < 4.78 is 27.2. The first kappa shape index (κ1) is 15.0. The fraction of sp³-hybridized carbons (Fsp3) is 0.538. The molecule has 0 aliphatic carbocycles. The first-order valence-corrected chi connectivity index (χ1v) is 8.66. The number of benzene rings is 1. The Morgan fingerprint density at radius 3 is 2.42 bits per heavy atom. The molecule has 0 radical (unpaired) electrons. The summed E-state index contributed by atoms with van der Waals surface area (Å²) in [6, 6.07) is 6.78. The number of nitrogens with zero attached hydrogens (tertiary/aromatic N) is 1. The molecule has 1 fully saturated rings. The Morgan fingerprint density at radius 1 is 1.26 bits per heavy atom. The van der Waals surface area contributed by atoms with Crippen molar-refractivity contribution in [3.63, 3.8) is 0 Å². The van der Waals surface area contributed by atoms with Crippen LogP contribution < -0.4 is 5.32 Å². The topological polar surface area (TPSA) is 49.4 Å². The minimum absolute atomic E-state index is 0.354. The first-order valence-electron chi connectivity index (χ1n) is 6.43. The monoisotopic (exact) mass is 346 g/mol. The minimum Gasteiger partial charge on any atom is -0.317 e. The molecule has 106 valence electrons. The van der Waals surface area contributed by atoms with E-state index in [0.29, 0.717) is 17.4 Å². The molecule has 2 rings (SSSR count). The lowest BCUT2D eigenvalue weighted by Gasteiger charge is -2.27. The molecule has 1 saturated heterocycles. The third-order valence-corrected chi connectivity index (χ3v) is 5.86. The van der Waals surface area contributed by atoms with E-state index in [4.69, 9.17) is 0 Å². The highest BCUT2D eigenvalue weighted by Crippen LogP contribution is 2.20. The van der Waals surface area contributed by atoms with Crippen LogP contribution in [0, 0.1) is 5.92 Å². The second kappa shape index (κ2) is 6.35. The first-order chi connectivity index (χ1) is 9.00. The Morgan fingerprint density at radius 2 is 1.84 bits per heavy atom. The van der Waals surface area contributed by atoms with E-state index >= 15 is 0 Å². The van der Waals surface area contributed by atoms with Crippen molar-refractivity contribution in [3.05, 3.63) is 28.7 Å². The Balaban J connectivity index is 2.07. The smallest absolute Gasteiger partial charge is 0.242 e. The van der Waals surface area contributed by atoms with Crippen molar-refractivity contribution in [2.24, 2.45) is 5.92 Å². The van der Waals surface area contributed by atoms with E-state index in [9.17, 15) is 8.42 Å². The highest BCUT2D eigenvalue weighted by atomic mass is 79.9. The van der Waals surface area contributed by atoms with Crippen molar-refractivity contribution in [1.29, 1.82) is 0 Å². The Hall–Kier alpha value is -0.430. The van der Waals surface area contributed by atoms with Gasteiger partial charge in [-0.2, -0.15) is 0 Å². The van der Waals surface area contributed by atoms with Gasteiger partial charge < -0.3 is 5.32 Å². The van der Waals surface area contributed by atoms with Gasteiger partial charge in [0.1, 0.15) is 0 Å². The predicted octanol–water partition coefficient (Wildman–Crippen LogP) is 2.07. The van der Waals surface area contributed by atoms with Gasteiger partial charge in [-0.25, -0.2) is 12.7 Å². The molecule has 0 saturated carbocycles. The molecule has 1 aliphatic heterocycles. The molecule has 0 aromatic heterocycles. The van der Waals surface area contributed by atoms with E-state index in [0.717, 1.165) is 30.4 Å². The number of sulfonamides is 1. The van der Waals surface area contributed by atoms with Crippen LogP contribution in [0.5, 0.6) is 0 Å². The molecular formula is C13H19BrN2O2S. The van der Waals surface area contributed by atoms with Crippen molar-refractivity contribution in [1.82, 2.24) is 9.62 Å². The molecule has 4 nitrogen and oxygen atoms in total. The van der Waals surface area contributed by atoms with Crippen LogP contribution in [0.2, 0.25) is 0 Å². The van der Waals surface area contributed by atoms with Crippen LogP contribution in [-0.2, 0) is 10.0 Å². The largest absolute Gasteiger partial charge is 0.317 e. The van der Waals surface area contributed by atoms with Gasteiger partial charge >= 0.3 is 0 Å². The Bertz CT molecular complexity index is 510. The molecule has 0 bridgehead atoms. The van der Waals surface area contributed by atoms with Crippen LogP contribution >= 0.6 is 15.9 Å². The zero-order valence-corrected chi connectivity index (χ0v) is 13.4. The molecule has 0 atom stereocenters. The number of halogens is 1. The van der Waals surface area contributed by atoms with Gasteiger partial charge in [-0.05, 0) is 56.1 Å². The average molecular weight is 347 g/mol. The van der Waals surface area contributed by atoms with Gasteiger partial charge in [-0.15, -0.1) is 0 Å². The number of rotatable bonds is 4. The lowest BCUT2D eigenvalue weighted by atomic mass is 9.98. The summed E-state index contributed by atoms with van der Waals surface area (Å²) >= 11 is 3.31. The molecular weight excluding hydrogens is 328 g/mol. The fourth-order valence-corrected chi connectivity index (χ4v) is 3.82. The normalized spacial score (nSPS) is 17.8. The zero-order chi connectivity index (χ0) is 13.9. The van der Waals surface area contributed by atoms with E-state index < -0.39 is 10.0 Å². The van der Waals surface area contributed by atoms with Gasteiger partial charge in [0.05, 0.1) is 4.90 Å². The van der Waals surface area contributed by atoms with Gasteiger partial charge in [0.15, 0.2) is 0 Å². The van der Waals surface area contributed by atoms with E-state index in [1.54, 1.807) is 31.3 Å². The van der Waals surface area contributed by atoms with E-state index in [1.807, 2.05) is 0 Å². The summed E-state index contributed by atoms with van der Waals surface area (Å²) in [6.07, 6.45) is 2.08. The maximum absolute atomic E-state index is 12.4. The van der Waals surface area contributed by atoms with Crippen LogP contribution in [0.1, 0.15) is 12.8 Å². The second-order valence-electron chi connectivity index (χ2n) is 4.93.